The number of carbonyl (C=O) groups is 1. The van der Waals surface area contributed by atoms with E-state index in [0.29, 0.717) is 15.8 Å². The molecular formula is C22H24FN3OS. The van der Waals surface area contributed by atoms with Crippen LogP contribution in [0.5, 0.6) is 0 Å². The van der Waals surface area contributed by atoms with Crippen molar-refractivity contribution in [3.05, 3.63) is 58.2 Å². The van der Waals surface area contributed by atoms with E-state index < -0.39 is 0 Å². The van der Waals surface area contributed by atoms with Gasteiger partial charge in [-0.05, 0) is 62.4 Å². The Morgan fingerprint density at radius 2 is 1.86 bits per heavy atom. The van der Waals surface area contributed by atoms with Crippen LogP contribution in [0.2, 0.25) is 0 Å². The van der Waals surface area contributed by atoms with E-state index >= 15 is 0 Å². The molecule has 6 heteroatoms. The van der Waals surface area contributed by atoms with Crippen LogP contribution >= 0.6 is 11.3 Å². The number of thiophene rings is 1. The van der Waals surface area contributed by atoms with Gasteiger partial charge in [0.1, 0.15) is 5.82 Å². The molecule has 0 saturated carbocycles. The van der Waals surface area contributed by atoms with E-state index in [9.17, 15) is 9.18 Å². The first-order valence-corrected chi connectivity index (χ1v) is 10.3. The summed E-state index contributed by atoms with van der Waals surface area (Å²) in [4.78, 5) is 18.1. The molecule has 28 heavy (non-hydrogen) atoms. The number of hydrogen-bond acceptors (Lipinski definition) is 4. The highest BCUT2D eigenvalue weighted by molar-refractivity contribution is 7.21. The van der Waals surface area contributed by atoms with Gasteiger partial charge in [0.25, 0.3) is 5.91 Å². The SMILES string of the molecule is Cc1cc(NC(=O)c2sc3cccc(F)c3c2C)ccc1N1CCN(C)CC1. The first kappa shape index (κ1) is 18.9. The van der Waals surface area contributed by atoms with Gasteiger partial charge in [0, 0.05) is 47.6 Å². The summed E-state index contributed by atoms with van der Waals surface area (Å²) in [5.41, 5.74) is 3.81. The lowest BCUT2D eigenvalue weighted by molar-refractivity contribution is 0.103. The number of benzene rings is 2. The molecule has 0 unspecified atom stereocenters. The first-order valence-electron chi connectivity index (χ1n) is 9.47. The van der Waals surface area contributed by atoms with Gasteiger partial charge in [-0.25, -0.2) is 4.39 Å². The van der Waals surface area contributed by atoms with E-state index in [4.69, 9.17) is 0 Å². The second-order valence-electron chi connectivity index (χ2n) is 7.41. The predicted octanol–water partition coefficient (Wildman–Crippen LogP) is 4.66. The van der Waals surface area contributed by atoms with Gasteiger partial charge in [-0.15, -0.1) is 11.3 Å². The number of piperazine rings is 1. The van der Waals surface area contributed by atoms with Crippen LogP contribution in [0, 0.1) is 19.7 Å². The molecule has 0 spiro atoms. The third kappa shape index (κ3) is 3.50. The first-order chi connectivity index (χ1) is 13.4. The molecule has 3 aromatic rings. The minimum atomic E-state index is -0.280. The summed E-state index contributed by atoms with van der Waals surface area (Å²) in [7, 11) is 2.14. The van der Waals surface area contributed by atoms with Crippen LogP contribution in [-0.2, 0) is 0 Å². The molecule has 2 aromatic carbocycles. The zero-order chi connectivity index (χ0) is 19.8. The van der Waals surface area contributed by atoms with Crippen molar-refractivity contribution < 1.29 is 9.18 Å². The molecule has 4 nitrogen and oxygen atoms in total. The lowest BCUT2D eigenvalue weighted by atomic mass is 10.1. The molecule has 1 aliphatic rings. The number of fused-ring (bicyclic) bond motifs is 1. The van der Waals surface area contributed by atoms with Gasteiger partial charge in [-0.1, -0.05) is 6.07 Å². The number of likely N-dealkylation sites (N-methyl/N-ethyl adjacent to an activating group) is 1. The Hall–Kier alpha value is -2.44. The van der Waals surface area contributed by atoms with E-state index in [0.717, 1.165) is 42.1 Å². The molecule has 146 valence electrons. The summed E-state index contributed by atoms with van der Waals surface area (Å²) in [6.07, 6.45) is 0. The molecule has 1 aromatic heterocycles. The number of carbonyl (C=O) groups excluding carboxylic acids is 1. The average molecular weight is 398 g/mol. The van der Waals surface area contributed by atoms with Crippen LogP contribution in [0.3, 0.4) is 0 Å². The predicted molar refractivity (Wildman–Crippen MR) is 115 cm³/mol. The topological polar surface area (TPSA) is 35.6 Å². The fourth-order valence-corrected chi connectivity index (χ4v) is 4.91. The number of aryl methyl sites for hydroxylation is 2. The fraction of sp³-hybridized carbons (Fsp3) is 0.318. The van der Waals surface area contributed by atoms with Gasteiger partial charge in [-0.3, -0.25) is 4.79 Å². The third-order valence-electron chi connectivity index (χ3n) is 5.41. The summed E-state index contributed by atoms with van der Waals surface area (Å²) in [5, 5.41) is 3.52. The van der Waals surface area contributed by atoms with Crippen molar-refractivity contribution in [3.63, 3.8) is 0 Å². The van der Waals surface area contributed by atoms with Gasteiger partial charge in [0.15, 0.2) is 0 Å². The largest absolute Gasteiger partial charge is 0.369 e. The molecular weight excluding hydrogens is 373 g/mol. The maximum atomic E-state index is 14.1. The lowest BCUT2D eigenvalue weighted by Gasteiger charge is -2.35. The molecule has 4 rings (SSSR count). The smallest absolute Gasteiger partial charge is 0.266 e. The van der Waals surface area contributed by atoms with Crippen LogP contribution < -0.4 is 10.2 Å². The van der Waals surface area contributed by atoms with E-state index in [1.54, 1.807) is 13.0 Å². The second-order valence-corrected chi connectivity index (χ2v) is 8.47. The van der Waals surface area contributed by atoms with Crippen molar-refractivity contribution in [2.75, 3.05) is 43.4 Å². The summed E-state index contributed by atoms with van der Waals surface area (Å²) in [5.74, 6) is -0.470. The third-order valence-corrected chi connectivity index (χ3v) is 6.66. The van der Waals surface area contributed by atoms with Crippen molar-refractivity contribution in [1.82, 2.24) is 4.90 Å². The number of nitrogens with zero attached hydrogens (tertiary/aromatic N) is 2. The molecule has 1 saturated heterocycles. The summed E-state index contributed by atoms with van der Waals surface area (Å²) in [6, 6.07) is 11.0. The second kappa shape index (κ2) is 7.53. The van der Waals surface area contributed by atoms with Crippen molar-refractivity contribution in [1.29, 1.82) is 0 Å². The Kier molecular flexibility index (Phi) is 5.08. The maximum Gasteiger partial charge on any atom is 0.266 e. The van der Waals surface area contributed by atoms with Gasteiger partial charge in [-0.2, -0.15) is 0 Å². The van der Waals surface area contributed by atoms with Gasteiger partial charge in [0.05, 0.1) is 4.88 Å². The van der Waals surface area contributed by atoms with Gasteiger partial charge >= 0.3 is 0 Å². The fourth-order valence-electron chi connectivity index (χ4n) is 3.79. The number of rotatable bonds is 3. The minimum absolute atomic E-state index is 0.190. The number of amides is 1. The molecule has 1 N–H and O–H groups in total. The zero-order valence-electron chi connectivity index (χ0n) is 16.4. The Labute approximate surface area is 168 Å². The molecule has 0 bridgehead atoms. The molecule has 1 aliphatic heterocycles. The molecule has 0 aliphatic carbocycles. The average Bonchev–Trinajstić information content (AvgIpc) is 3.01. The monoisotopic (exact) mass is 397 g/mol. The normalized spacial score (nSPS) is 15.2. The van der Waals surface area contributed by atoms with Crippen LogP contribution in [0.25, 0.3) is 10.1 Å². The van der Waals surface area contributed by atoms with Crippen LogP contribution in [-0.4, -0.2) is 44.0 Å². The van der Waals surface area contributed by atoms with Gasteiger partial charge in [0.2, 0.25) is 0 Å². The van der Waals surface area contributed by atoms with Crippen molar-refractivity contribution >= 4 is 38.7 Å². The minimum Gasteiger partial charge on any atom is -0.369 e. The van der Waals surface area contributed by atoms with Crippen molar-refractivity contribution in [2.45, 2.75) is 13.8 Å². The standard InChI is InChI=1S/C22H24FN3OS/c1-14-13-16(7-8-18(14)26-11-9-25(3)10-12-26)24-22(27)21-15(2)20-17(23)5-4-6-19(20)28-21/h4-8,13H,9-12H2,1-3H3,(H,24,27). The molecule has 2 heterocycles. The molecule has 0 radical (unpaired) electrons. The Morgan fingerprint density at radius 1 is 1.11 bits per heavy atom. The highest BCUT2D eigenvalue weighted by Gasteiger charge is 2.19. The van der Waals surface area contributed by atoms with Crippen LogP contribution in [0.15, 0.2) is 36.4 Å². The molecule has 1 amide bonds. The highest BCUT2D eigenvalue weighted by Crippen LogP contribution is 2.33. The lowest BCUT2D eigenvalue weighted by Crippen LogP contribution is -2.44. The number of nitrogens with one attached hydrogen (secondary N) is 1. The van der Waals surface area contributed by atoms with E-state index in [1.807, 2.05) is 18.2 Å². The Bertz CT molecular complexity index is 1040. The summed E-state index contributed by atoms with van der Waals surface area (Å²) < 4.78 is 14.9. The van der Waals surface area contributed by atoms with E-state index in [-0.39, 0.29) is 11.7 Å². The van der Waals surface area contributed by atoms with E-state index in [2.05, 4.69) is 35.2 Å². The Morgan fingerprint density at radius 3 is 2.54 bits per heavy atom. The van der Waals surface area contributed by atoms with Crippen LogP contribution in [0.1, 0.15) is 20.8 Å². The van der Waals surface area contributed by atoms with Gasteiger partial charge < -0.3 is 15.1 Å². The van der Waals surface area contributed by atoms with E-state index in [1.165, 1.54) is 23.1 Å². The van der Waals surface area contributed by atoms with Crippen LogP contribution in [0.4, 0.5) is 15.8 Å². The zero-order valence-corrected chi connectivity index (χ0v) is 17.2. The number of hydrogen-bond donors (Lipinski definition) is 1. The molecule has 0 atom stereocenters. The highest BCUT2D eigenvalue weighted by atomic mass is 32.1. The summed E-state index contributed by atoms with van der Waals surface area (Å²) >= 11 is 1.33. The molecule has 1 fully saturated rings. The quantitative estimate of drug-likeness (QED) is 0.698. The maximum absolute atomic E-state index is 14.1. The Balaban J connectivity index is 1.55. The summed E-state index contributed by atoms with van der Waals surface area (Å²) in [6.45, 7) is 8.01. The number of anilines is 2. The number of halogens is 1. The van der Waals surface area contributed by atoms with Crippen molar-refractivity contribution in [3.8, 4) is 0 Å². The van der Waals surface area contributed by atoms with Crippen molar-refractivity contribution in [2.24, 2.45) is 0 Å².